The van der Waals surface area contributed by atoms with Crippen molar-refractivity contribution in [2.75, 3.05) is 13.7 Å². The van der Waals surface area contributed by atoms with Gasteiger partial charge < -0.3 is 10.1 Å². The van der Waals surface area contributed by atoms with Crippen molar-refractivity contribution in [3.05, 3.63) is 46.1 Å². The Morgan fingerprint density at radius 2 is 2.24 bits per heavy atom. The van der Waals surface area contributed by atoms with Crippen molar-refractivity contribution in [2.45, 2.75) is 13.3 Å². The summed E-state index contributed by atoms with van der Waals surface area (Å²) in [4.78, 5) is 10.6. The fourth-order valence-electron chi connectivity index (χ4n) is 1.40. The molecular formula is C12H16N2O3. The maximum absolute atomic E-state index is 11.0. The van der Waals surface area contributed by atoms with E-state index in [2.05, 4.69) is 5.32 Å². The van der Waals surface area contributed by atoms with Gasteiger partial charge in [0.25, 0.3) is 5.70 Å². The molecule has 0 aliphatic heterocycles. The molecule has 0 spiro atoms. The average molecular weight is 236 g/mol. The first-order chi connectivity index (χ1) is 8.20. The van der Waals surface area contributed by atoms with E-state index in [1.165, 1.54) is 13.3 Å². The Morgan fingerprint density at radius 1 is 1.53 bits per heavy atom. The molecule has 5 heteroatoms. The SMILES string of the molecule is CCCN/C=C(/c1ccccc1OC)[N+](=O)[O-]. The topological polar surface area (TPSA) is 64.4 Å². The molecule has 0 fully saturated rings. The molecule has 0 aromatic heterocycles. The first kappa shape index (κ1) is 13.0. The molecular weight excluding hydrogens is 220 g/mol. The molecule has 0 saturated heterocycles. The minimum absolute atomic E-state index is 0.0101. The second-order valence-electron chi connectivity index (χ2n) is 3.44. The van der Waals surface area contributed by atoms with E-state index in [0.29, 0.717) is 17.9 Å². The zero-order valence-corrected chi connectivity index (χ0v) is 9.97. The van der Waals surface area contributed by atoms with Crippen LogP contribution in [0.4, 0.5) is 0 Å². The predicted molar refractivity (Wildman–Crippen MR) is 66.3 cm³/mol. The van der Waals surface area contributed by atoms with Gasteiger partial charge in [-0.15, -0.1) is 0 Å². The smallest absolute Gasteiger partial charge is 0.295 e. The van der Waals surface area contributed by atoms with E-state index < -0.39 is 4.92 Å². The highest BCUT2D eigenvalue weighted by molar-refractivity contribution is 5.64. The molecule has 17 heavy (non-hydrogen) atoms. The largest absolute Gasteiger partial charge is 0.496 e. The molecule has 0 aliphatic rings. The van der Waals surface area contributed by atoms with Crippen molar-refractivity contribution in [1.82, 2.24) is 5.32 Å². The lowest BCUT2D eigenvalue weighted by Crippen LogP contribution is -2.10. The number of hydrogen-bond donors (Lipinski definition) is 1. The average Bonchev–Trinajstić information content (AvgIpc) is 2.34. The van der Waals surface area contributed by atoms with Crippen LogP contribution >= 0.6 is 0 Å². The fourth-order valence-corrected chi connectivity index (χ4v) is 1.40. The third-order valence-electron chi connectivity index (χ3n) is 2.21. The molecule has 0 amide bonds. The van der Waals surface area contributed by atoms with Gasteiger partial charge in [-0.05, 0) is 18.6 Å². The molecule has 0 atom stereocenters. The van der Waals surface area contributed by atoms with Crippen LogP contribution in [0.25, 0.3) is 5.70 Å². The second-order valence-corrected chi connectivity index (χ2v) is 3.44. The molecule has 1 rings (SSSR count). The molecule has 1 N–H and O–H groups in total. The minimum atomic E-state index is -0.416. The van der Waals surface area contributed by atoms with Crippen LogP contribution in [0.5, 0.6) is 5.75 Å². The van der Waals surface area contributed by atoms with Crippen LogP contribution < -0.4 is 10.1 Å². The first-order valence-corrected chi connectivity index (χ1v) is 5.42. The second kappa shape index (κ2) is 6.52. The third kappa shape index (κ3) is 3.48. The minimum Gasteiger partial charge on any atom is -0.496 e. The summed E-state index contributed by atoms with van der Waals surface area (Å²) in [5, 5.41) is 13.9. The number of nitrogens with one attached hydrogen (secondary N) is 1. The number of rotatable bonds is 6. The molecule has 0 bridgehead atoms. The van der Waals surface area contributed by atoms with E-state index in [0.717, 1.165) is 6.42 Å². The monoisotopic (exact) mass is 236 g/mol. The summed E-state index contributed by atoms with van der Waals surface area (Å²) < 4.78 is 5.11. The number of para-hydroxylation sites is 1. The molecule has 92 valence electrons. The fraction of sp³-hybridized carbons (Fsp3) is 0.333. The van der Waals surface area contributed by atoms with Gasteiger partial charge in [-0.3, -0.25) is 10.1 Å². The maximum Gasteiger partial charge on any atom is 0.295 e. The molecule has 5 nitrogen and oxygen atoms in total. The number of nitro groups is 1. The molecule has 0 aliphatic carbocycles. The van der Waals surface area contributed by atoms with Crippen molar-refractivity contribution < 1.29 is 9.66 Å². The molecule has 0 heterocycles. The Hall–Kier alpha value is -2.04. The van der Waals surface area contributed by atoms with Crippen LogP contribution in [0.1, 0.15) is 18.9 Å². The van der Waals surface area contributed by atoms with Gasteiger partial charge in [-0.2, -0.15) is 0 Å². The first-order valence-electron chi connectivity index (χ1n) is 5.42. The highest BCUT2D eigenvalue weighted by atomic mass is 16.6. The van der Waals surface area contributed by atoms with Crippen molar-refractivity contribution in [3.8, 4) is 5.75 Å². The Labute approximate surface area is 100 Å². The number of benzene rings is 1. The van der Waals surface area contributed by atoms with Crippen LogP contribution in [0, 0.1) is 10.1 Å². The summed E-state index contributed by atoms with van der Waals surface area (Å²) in [6.07, 6.45) is 2.33. The Morgan fingerprint density at radius 3 is 2.82 bits per heavy atom. The normalized spacial score (nSPS) is 11.1. The lowest BCUT2D eigenvalue weighted by atomic mass is 10.1. The van der Waals surface area contributed by atoms with E-state index in [1.807, 2.05) is 6.92 Å². The Bertz CT molecular complexity index is 416. The summed E-state index contributed by atoms with van der Waals surface area (Å²) in [5.74, 6) is 0.494. The van der Waals surface area contributed by atoms with Gasteiger partial charge in [0.1, 0.15) is 5.75 Å². The summed E-state index contributed by atoms with van der Waals surface area (Å²) in [6, 6.07) is 6.89. The lowest BCUT2D eigenvalue weighted by Gasteiger charge is -2.06. The summed E-state index contributed by atoms with van der Waals surface area (Å²) in [5.41, 5.74) is 0.486. The molecule has 0 radical (unpaired) electrons. The van der Waals surface area contributed by atoms with Crippen molar-refractivity contribution in [3.63, 3.8) is 0 Å². The van der Waals surface area contributed by atoms with E-state index in [1.54, 1.807) is 24.3 Å². The van der Waals surface area contributed by atoms with Crippen LogP contribution in [-0.2, 0) is 0 Å². The van der Waals surface area contributed by atoms with Gasteiger partial charge in [0.2, 0.25) is 0 Å². The van der Waals surface area contributed by atoms with Crippen molar-refractivity contribution in [2.24, 2.45) is 0 Å². The number of nitrogens with zero attached hydrogens (tertiary/aromatic N) is 1. The van der Waals surface area contributed by atoms with E-state index in [9.17, 15) is 10.1 Å². The highest BCUT2D eigenvalue weighted by Gasteiger charge is 2.18. The lowest BCUT2D eigenvalue weighted by molar-refractivity contribution is -0.375. The van der Waals surface area contributed by atoms with Crippen LogP contribution in [0.3, 0.4) is 0 Å². The van der Waals surface area contributed by atoms with Gasteiger partial charge in [-0.25, -0.2) is 0 Å². The standard InChI is InChI=1S/C12H16N2O3/c1-3-8-13-9-11(14(15)16)10-6-4-5-7-12(10)17-2/h4-7,9,13H,3,8H2,1-2H3/b11-9-. The van der Waals surface area contributed by atoms with Crippen LogP contribution in [0.2, 0.25) is 0 Å². The third-order valence-corrected chi connectivity index (χ3v) is 2.21. The summed E-state index contributed by atoms with van der Waals surface area (Å²) in [7, 11) is 1.50. The number of hydrogen-bond acceptors (Lipinski definition) is 4. The van der Waals surface area contributed by atoms with Crippen molar-refractivity contribution in [1.29, 1.82) is 0 Å². The highest BCUT2D eigenvalue weighted by Crippen LogP contribution is 2.25. The van der Waals surface area contributed by atoms with E-state index in [4.69, 9.17) is 4.74 Å². The Balaban J connectivity index is 3.05. The molecule has 0 unspecified atom stereocenters. The summed E-state index contributed by atoms with van der Waals surface area (Å²) >= 11 is 0. The van der Waals surface area contributed by atoms with E-state index >= 15 is 0 Å². The maximum atomic E-state index is 11.0. The molecule has 1 aromatic rings. The van der Waals surface area contributed by atoms with Gasteiger partial charge in [0.15, 0.2) is 0 Å². The number of methoxy groups -OCH3 is 1. The number of ether oxygens (including phenoxy) is 1. The summed E-state index contributed by atoms with van der Waals surface area (Å²) in [6.45, 7) is 2.70. The zero-order chi connectivity index (χ0) is 12.7. The quantitative estimate of drug-likeness (QED) is 0.467. The van der Waals surface area contributed by atoms with Crippen LogP contribution in [-0.4, -0.2) is 18.6 Å². The zero-order valence-electron chi connectivity index (χ0n) is 9.97. The Kier molecular flexibility index (Phi) is 5.00. The molecule has 1 aromatic carbocycles. The predicted octanol–water partition coefficient (Wildman–Crippen LogP) is 2.27. The van der Waals surface area contributed by atoms with Gasteiger partial charge in [-0.1, -0.05) is 19.1 Å². The van der Waals surface area contributed by atoms with Crippen molar-refractivity contribution >= 4 is 5.70 Å². The van der Waals surface area contributed by atoms with Gasteiger partial charge in [0, 0.05) is 6.54 Å². The van der Waals surface area contributed by atoms with E-state index in [-0.39, 0.29) is 5.70 Å². The molecule has 0 saturated carbocycles. The van der Waals surface area contributed by atoms with Gasteiger partial charge >= 0.3 is 0 Å². The van der Waals surface area contributed by atoms with Crippen LogP contribution in [0.15, 0.2) is 30.5 Å². The van der Waals surface area contributed by atoms with Gasteiger partial charge in [0.05, 0.1) is 23.8 Å².